The molecule has 3 aliphatic carbocycles. The molecule has 14 nitrogen and oxygen atoms in total. The molecular weight excluding hydrogens is 871 g/mol. The zero-order valence-corrected chi connectivity index (χ0v) is 42.0. The minimum Gasteiger partial charge on any atom is -0.453 e. The molecular formula is C52H74F2N8O6. The van der Waals surface area contributed by atoms with Gasteiger partial charge in [0.2, 0.25) is 12.3 Å². The molecule has 5 aliphatic rings. The minimum atomic E-state index is -3.18. The van der Waals surface area contributed by atoms with E-state index in [9.17, 15) is 19.2 Å². The van der Waals surface area contributed by atoms with Gasteiger partial charge in [0.05, 0.1) is 49.0 Å². The molecule has 6 atom stereocenters. The lowest BCUT2D eigenvalue weighted by molar-refractivity contribution is -0.137. The number of carbonyl (C=O) groups is 4. The molecule has 0 radical (unpaired) electrons. The average Bonchev–Trinajstić information content (AvgIpc) is 4.00. The summed E-state index contributed by atoms with van der Waals surface area (Å²) in [5.41, 5.74) is 3.78. The summed E-state index contributed by atoms with van der Waals surface area (Å²) >= 11 is 0. The van der Waals surface area contributed by atoms with Crippen LogP contribution in [0, 0.1) is 23.2 Å². The van der Waals surface area contributed by atoms with Crippen molar-refractivity contribution in [3.05, 3.63) is 71.6 Å². The number of hydrogen-bond acceptors (Lipinski definition) is 9. The van der Waals surface area contributed by atoms with E-state index in [1.165, 1.54) is 32.8 Å². The van der Waals surface area contributed by atoms with Crippen LogP contribution in [0.1, 0.15) is 135 Å². The summed E-state index contributed by atoms with van der Waals surface area (Å²) in [4.78, 5) is 66.3. The Morgan fingerprint density at radius 1 is 0.882 bits per heavy atom. The maximum absolute atomic E-state index is 16.3. The molecule has 68 heavy (non-hydrogen) atoms. The van der Waals surface area contributed by atoms with Crippen molar-refractivity contribution in [2.45, 2.75) is 136 Å². The van der Waals surface area contributed by atoms with E-state index in [1.54, 1.807) is 50.9 Å². The van der Waals surface area contributed by atoms with Crippen molar-refractivity contribution in [2.75, 3.05) is 34.9 Å². The molecule has 4 heterocycles. The number of piperidine rings is 1. The molecule has 9 rings (SSSR count). The van der Waals surface area contributed by atoms with Crippen LogP contribution >= 0.6 is 0 Å². The first-order chi connectivity index (χ1) is 32.5. The third-order valence-electron chi connectivity index (χ3n) is 13.6. The highest BCUT2D eigenvalue weighted by Gasteiger charge is 2.55. The first kappa shape index (κ1) is 53.5. The second-order valence-corrected chi connectivity index (χ2v) is 19.1. The van der Waals surface area contributed by atoms with Crippen LogP contribution in [-0.2, 0) is 29.8 Å². The number of rotatable bonds is 11. The Morgan fingerprint density at radius 2 is 1.43 bits per heavy atom. The van der Waals surface area contributed by atoms with Gasteiger partial charge in [-0.3, -0.25) is 14.5 Å². The molecule has 2 aromatic carbocycles. The number of nitrogens with one attached hydrogen (secondary N) is 4. The molecule has 2 aromatic heterocycles. The summed E-state index contributed by atoms with van der Waals surface area (Å²) in [5, 5.41) is 5.09. The number of imidazole rings is 2. The van der Waals surface area contributed by atoms with Gasteiger partial charge >= 0.3 is 6.09 Å². The van der Waals surface area contributed by atoms with Crippen LogP contribution in [-0.4, -0.2) is 107 Å². The molecule has 4 N–H and O–H groups in total. The fourth-order valence-corrected chi connectivity index (χ4v) is 9.89. The van der Waals surface area contributed by atoms with Gasteiger partial charge < -0.3 is 39.8 Å². The lowest BCUT2D eigenvalue weighted by atomic mass is 9.98. The number of amides is 3. The molecule has 3 unspecified atom stereocenters. The second-order valence-electron chi connectivity index (χ2n) is 19.1. The van der Waals surface area contributed by atoms with Crippen molar-refractivity contribution < 1.29 is 37.4 Å². The SMILES string of the molecule is CC.CC(C)C(NC=O)C(=O)N1CC2(CC2)C[C@H]1c1ncc(-c2ccc3c(c2)C(F)(F)c2cc(-c4cnc([C@@H]5C6CCC(C6)N5C)[nH]4)ccc2-3)[nH]1.CCC.COC.COC(=O)N[C@H](C=O)C(C)C. The number of alkyl halides is 2. The van der Waals surface area contributed by atoms with E-state index in [4.69, 9.17) is 4.98 Å². The van der Waals surface area contributed by atoms with Crippen LogP contribution in [0.5, 0.6) is 0 Å². The van der Waals surface area contributed by atoms with Crippen LogP contribution in [0.2, 0.25) is 0 Å². The van der Waals surface area contributed by atoms with E-state index >= 15 is 8.78 Å². The van der Waals surface area contributed by atoms with E-state index in [0.29, 0.717) is 65.0 Å². The predicted molar refractivity (Wildman–Crippen MR) is 261 cm³/mol. The lowest BCUT2D eigenvalue weighted by Crippen LogP contribution is -2.49. The number of hydrogen-bond donors (Lipinski definition) is 4. The number of aromatic nitrogens is 4. The number of alkyl carbamates (subject to hydrolysis) is 1. The van der Waals surface area contributed by atoms with Crippen LogP contribution in [0.3, 0.4) is 0 Å². The molecule has 1 spiro atoms. The second kappa shape index (κ2) is 23.2. The highest BCUT2D eigenvalue weighted by molar-refractivity contribution is 5.85. The maximum atomic E-state index is 16.3. The van der Waals surface area contributed by atoms with Crippen LogP contribution in [0.4, 0.5) is 13.6 Å². The Kier molecular flexibility index (Phi) is 18.3. The lowest BCUT2D eigenvalue weighted by Gasteiger charge is -2.30. The van der Waals surface area contributed by atoms with Crippen molar-refractivity contribution in [1.82, 2.24) is 40.4 Å². The van der Waals surface area contributed by atoms with Gasteiger partial charge in [-0.15, -0.1) is 0 Å². The number of benzene rings is 2. The van der Waals surface area contributed by atoms with Crippen molar-refractivity contribution >= 4 is 24.7 Å². The molecule has 2 aliphatic heterocycles. The largest absolute Gasteiger partial charge is 0.453 e. The van der Waals surface area contributed by atoms with E-state index in [-0.39, 0.29) is 46.4 Å². The first-order valence-corrected chi connectivity index (χ1v) is 24.2. The zero-order chi connectivity index (χ0) is 50.1. The number of aromatic amines is 2. The summed E-state index contributed by atoms with van der Waals surface area (Å²) in [6, 6.07) is 9.99. The molecule has 16 heteroatoms. The van der Waals surface area contributed by atoms with Gasteiger partial charge in [0.1, 0.15) is 24.0 Å². The third kappa shape index (κ3) is 11.3. The van der Waals surface area contributed by atoms with Crippen LogP contribution in [0.25, 0.3) is 33.6 Å². The van der Waals surface area contributed by atoms with Crippen molar-refractivity contribution in [1.29, 1.82) is 0 Å². The Morgan fingerprint density at radius 3 is 1.88 bits per heavy atom. The quantitative estimate of drug-likeness (QED) is 0.107. The Hall–Kier alpha value is -5.48. The van der Waals surface area contributed by atoms with Gasteiger partial charge in [-0.2, -0.15) is 8.78 Å². The van der Waals surface area contributed by atoms with Gasteiger partial charge in [-0.25, -0.2) is 14.8 Å². The number of aldehydes is 1. The maximum Gasteiger partial charge on any atom is 0.407 e. The third-order valence-corrected chi connectivity index (χ3v) is 13.6. The number of likely N-dealkylation sites (tertiary alicyclic amines) is 2. The van der Waals surface area contributed by atoms with Crippen molar-refractivity contribution in [3.8, 4) is 33.6 Å². The van der Waals surface area contributed by atoms with Gasteiger partial charge in [0.25, 0.3) is 5.92 Å². The number of halogens is 2. The first-order valence-electron chi connectivity index (χ1n) is 24.2. The Balaban J connectivity index is 0.000000390. The predicted octanol–water partition coefficient (Wildman–Crippen LogP) is 9.84. The van der Waals surface area contributed by atoms with E-state index in [2.05, 4.69) is 60.9 Å². The molecule has 2 saturated carbocycles. The summed E-state index contributed by atoms with van der Waals surface area (Å²) in [7, 11) is 6.67. The van der Waals surface area contributed by atoms with Crippen molar-refractivity contribution in [3.63, 3.8) is 0 Å². The summed E-state index contributed by atoms with van der Waals surface area (Å²) in [6.45, 7) is 16.4. The number of ether oxygens (including phenoxy) is 2. The van der Waals surface area contributed by atoms with E-state index < -0.39 is 24.1 Å². The Labute approximate surface area is 401 Å². The number of nitrogens with zero attached hydrogens (tertiary/aromatic N) is 4. The number of fused-ring (bicyclic) bond motifs is 5. The standard InChI is InChI=1S/C38H41F2N7O2.C7H13NO3.C3H8.C2H6O.C2H6/c1-20(2)32(43-19-48)36(49)47-18-37(10-11-37)15-31(47)34-41-16-29(44-34)21-5-8-25-26-9-6-22(14-28(26)38(39,40)27(25)13-21)30-17-42-35(45-30)33-23-4-7-24(12-23)46(33)3;1-5(2)6(4-9)8-7(10)11-3;2*1-3-2;1-2/h5-6,8-9,13-14,16-17,19-20,23-24,31-33H,4,7,10-12,15,18H2,1-3H3,(H,41,44)(H,42,45)(H,43,48);4-6H,1-3H3,(H,8,10);3H2,1-2H3;1-2H3;1-2H3/t23?,24?,31-,32?,33-;6-;;;/m01.../s1. The smallest absolute Gasteiger partial charge is 0.407 e. The molecule has 4 aromatic rings. The zero-order valence-electron chi connectivity index (χ0n) is 42.0. The fourth-order valence-electron chi connectivity index (χ4n) is 9.89. The van der Waals surface area contributed by atoms with E-state index in [0.717, 1.165) is 30.8 Å². The summed E-state index contributed by atoms with van der Waals surface area (Å²) in [5.74, 6) is -1.14. The normalized spacial score (nSPS) is 21.6. The van der Waals surface area contributed by atoms with Gasteiger partial charge in [-0.05, 0) is 92.0 Å². The number of H-pyrrole nitrogens is 2. The molecule has 3 amide bonds. The van der Waals surface area contributed by atoms with Crippen LogP contribution < -0.4 is 10.6 Å². The molecule has 4 fully saturated rings. The highest BCUT2D eigenvalue weighted by Crippen LogP contribution is 2.59. The molecule has 2 saturated heterocycles. The topological polar surface area (TPSA) is 175 Å². The van der Waals surface area contributed by atoms with Crippen molar-refractivity contribution in [2.24, 2.45) is 23.2 Å². The molecule has 372 valence electrons. The van der Waals surface area contributed by atoms with E-state index in [1.807, 2.05) is 58.6 Å². The van der Waals surface area contributed by atoms with Crippen LogP contribution in [0.15, 0.2) is 48.8 Å². The minimum absolute atomic E-state index is 0.00544. The number of methoxy groups -OCH3 is 2. The van der Waals surface area contributed by atoms with Gasteiger partial charge in [-0.1, -0.05) is 86.1 Å². The summed E-state index contributed by atoms with van der Waals surface area (Å²) in [6.07, 6.45) is 11.9. The monoisotopic (exact) mass is 945 g/mol. The number of carbonyl (C=O) groups excluding carboxylic acids is 4. The summed E-state index contributed by atoms with van der Waals surface area (Å²) < 4.78 is 41.1. The fraction of sp³-hybridized carbons (Fsp3) is 0.577. The average molecular weight is 945 g/mol. The molecule has 2 bridgehead atoms. The highest BCUT2D eigenvalue weighted by atomic mass is 19.3. The van der Waals surface area contributed by atoms with Gasteiger partial charge in [0, 0.05) is 49.1 Å². The van der Waals surface area contributed by atoms with Gasteiger partial charge in [0.15, 0.2) is 0 Å². The Bertz CT molecular complexity index is 2320.